The summed E-state index contributed by atoms with van der Waals surface area (Å²) in [6.07, 6.45) is 0. The van der Waals surface area contributed by atoms with E-state index in [0.717, 1.165) is 17.2 Å². The van der Waals surface area contributed by atoms with E-state index in [-0.39, 0.29) is 5.41 Å². The fourth-order valence-corrected chi connectivity index (χ4v) is 1.95. The molecule has 0 saturated carbocycles. The molecule has 0 aliphatic rings. The van der Waals surface area contributed by atoms with Gasteiger partial charge >= 0.3 is 0 Å². The minimum atomic E-state index is 0.170. The van der Waals surface area contributed by atoms with E-state index in [2.05, 4.69) is 65.6 Å². The van der Waals surface area contributed by atoms with Gasteiger partial charge in [-0.25, -0.2) is 4.98 Å². The van der Waals surface area contributed by atoms with Crippen LogP contribution in [-0.2, 0) is 5.41 Å². The molecule has 0 aliphatic heterocycles. The summed E-state index contributed by atoms with van der Waals surface area (Å²) in [5.74, 6) is 1.42. The molecule has 106 valence electrons. The summed E-state index contributed by atoms with van der Waals surface area (Å²) < 4.78 is 0. The summed E-state index contributed by atoms with van der Waals surface area (Å²) in [4.78, 5) is 8.66. The fourth-order valence-electron chi connectivity index (χ4n) is 1.95. The zero-order chi connectivity index (χ0) is 14.8. The van der Waals surface area contributed by atoms with Gasteiger partial charge in [0.15, 0.2) is 0 Å². The normalized spacial score (nSPS) is 11.2. The first-order valence-electron chi connectivity index (χ1n) is 6.79. The van der Waals surface area contributed by atoms with E-state index >= 15 is 0 Å². The summed E-state index contributed by atoms with van der Waals surface area (Å²) in [6, 6.07) is 10.4. The molecule has 0 atom stereocenters. The number of aryl methyl sites for hydroxylation is 1. The van der Waals surface area contributed by atoms with Crippen molar-refractivity contribution < 1.29 is 0 Å². The van der Waals surface area contributed by atoms with Crippen molar-refractivity contribution in [1.29, 1.82) is 0 Å². The molecule has 0 spiro atoms. The SMILES string of the molecule is CNc1nc(C)cc(Nc2ccc(C(C)(C)C)cc2)n1. The van der Waals surface area contributed by atoms with Crippen LogP contribution in [0.25, 0.3) is 0 Å². The van der Waals surface area contributed by atoms with Crippen LogP contribution in [0.1, 0.15) is 32.0 Å². The number of aromatic nitrogens is 2. The van der Waals surface area contributed by atoms with E-state index in [1.165, 1.54) is 5.56 Å². The molecule has 4 heteroatoms. The minimum Gasteiger partial charge on any atom is -0.357 e. The first-order chi connectivity index (χ1) is 9.38. The second-order valence-corrected chi connectivity index (χ2v) is 5.92. The zero-order valence-electron chi connectivity index (χ0n) is 12.8. The fraction of sp³-hybridized carbons (Fsp3) is 0.375. The van der Waals surface area contributed by atoms with Crippen LogP contribution >= 0.6 is 0 Å². The van der Waals surface area contributed by atoms with Gasteiger partial charge in [0, 0.05) is 24.5 Å². The first-order valence-corrected chi connectivity index (χ1v) is 6.79. The molecule has 1 aromatic heterocycles. The van der Waals surface area contributed by atoms with Crippen LogP contribution in [0.3, 0.4) is 0 Å². The smallest absolute Gasteiger partial charge is 0.224 e. The maximum absolute atomic E-state index is 4.39. The van der Waals surface area contributed by atoms with Crippen LogP contribution in [0.15, 0.2) is 30.3 Å². The van der Waals surface area contributed by atoms with Crippen molar-refractivity contribution in [3.63, 3.8) is 0 Å². The van der Waals surface area contributed by atoms with Gasteiger partial charge in [-0.2, -0.15) is 4.98 Å². The van der Waals surface area contributed by atoms with Gasteiger partial charge < -0.3 is 10.6 Å². The molecule has 2 N–H and O–H groups in total. The van der Waals surface area contributed by atoms with E-state index in [9.17, 15) is 0 Å². The van der Waals surface area contributed by atoms with Crippen LogP contribution in [0.2, 0.25) is 0 Å². The van der Waals surface area contributed by atoms with Gasteiger partial charge in [0.25, 0.3) is 0 Å². The lowest BCUT2D eigenvalue weighted by Gasteiger charge is -2.19. The van der Waals surface area contributed by atoms with Gasteiger partial charge in [-0.05, 0) is 30.0 Å². The number of anilines is 3. The molecular formula is C16H22N4. The van der Waals surface area contributed by atoms with Crippen LogP contribution in [0.4, 0.5) is 17.5 Å². The molecule has 0 unspecified atom stereocenters. The molecule has 2 rings (SSSR count). The molecule has 2 aromatic rings. The third-order valence-electron chi connectivity index (χ3n) is 3.10. The topological polar surface area (TPSA) is 49.8 Å². The Balaban J connectivity index is 2.20. The van der Waals surface area contributed by atoms with Crippen molar-refractivity contribution in [3.8, 4) is 0 Å². The Morgan fingerprint density at radius 1 is 1.00 bits per heavy atom. The van der Waals surface area contributed by atoms with Gasteiger partial charge in [-0.3, -0.25) is 0 Å². The zero-order valence-corrected chi connectivity index (χ0v) is 12.8. The highest BCUT2D eigenvalue weighted by atomic mass is 15.1. The van der Waals surface area contributed by atoms with Gasteiger partial charge in [0.05, 0.1) is 0 Å². The first kappa shape index (κ1) is 14.3. The van der Waals surface area contributed by atoms with Crippen molar-refractivity contribution in [1.82, 2.24) is 9.97 Å². The molecule has 0 bridgehead atoms. The number of nitrogens with zero attached hydrogens (tertiary/aromatic N) is 2. The Bertz CT molecular complexity index is 582. The van der Waals surface area contributed by atoms with Crippen LogP contribution in [-0.4, -0.2) is 17.0 Å². The summed E-state index contributed by atoms with van der Waals surface area (Å²) >= 11 is 0. The summed E-state index contributed by atoms with van der Waals surface area (Å²) in [5, 5.41) is 6.27. The molecular weight excluding hydrogens is 248 g/mol. The maximum atomic E-state index is 4.39. The number of benzene rings is 1. The number of hydrogen-bond acceptors (Lipinski definition) is 4. The number of rotatable bonds is 3. The van der Waals surface area contributed by atoms with Gasteiger partial charge in [0.1, 0.15) is 5.82 Å². The Hall–Kier alpha value is -2.10. The summed E-state index contributed by atoms with van der Waals surface area (Å²) in [6.45, 7) is 8.59. The van der Waals surface area contributed by atoms with Crippen molar-refractivity contribution in [2.24, 2.45) is 0 Å². The predicted octanol–water partition coefficient (Wildman–Crippen LogP) is 3.87. The van der Waals surface area contributed by atoms with Gasteiger partial charge in [0.2, 0.25) is 5.95 Å². The lowest BCUT2D eigenvalue weighted by Crippen LogP contribution is -2.10. The third kappa shape index (κ3) is 3.47. The number of nitrogens with one attached hydrogen (secondary N) is 2. The molecule has 0 amide bonds. The Morgan fingerprint density at radius 2 is 1.65 bits per heavy atom. The molecule has 0 radical (unpaired) electrons. The van der Waals surface area contributed by atoms with E-state index < -0.39 is 0 Å². The van der Waals surface area contributed by atoms with Crippen LogP contribution < -0.4 is 10.6 Å². The molecule has 0 fully saturated rings. The van der Waals surface area contributed by atoms with Crippen molar-refractivity contribution in [2.45, 2.75) is 33.1 Å². The predicted molar refractivity (Wildman–Crippen MR) is 84.7 cm³/mol. The summed E-state index contributed by atoms with van der Waals surface area (Å²) in [7, 11) is 1.82. The third-order valence-corrected chi connectivity index (χ3v) is 3.10. The molecule has 20 heavy (non-hydrogen) atoms. The quantitative estimate of drug-likeness (QED) is 0.889. The molecule has 0 aliphatic carbocycles. The second-order valence-electron chi connectivity index (χ2n) is 5.92. The number of hydrogen-bond donors (Lipinski definition) is 2. The highest BCUT2D eigenvalue weighted by molar-refractivity contribution is 5.58. The Labute approximate surface area is 120 Å². The Morgan fingerprint density at radius 3 is 2.20 bits per heavy atom. The molecule has 4 nitrogen and oxygen atoms in total. The van der Waals surface area contributed by atoms with Gasteiger partial charge in [-0.1, -0.05) is 32.9 Å². The lowest BCUT2D eigenvalue weighted by molar-refractivity contribution is 0.590. The minimum absolute atomic E-state index is 0.170. The van der Waals surface area contributed by atoms with Crippen molar-refractivity contribution in [3.05, 3.63) is 41.6 Å². The highest BCUT2D eigenvalue weighted by Crippen LogP contribution is 2.24. The van der Waals surface area contributed by atoms with E-state index in [1.54, 1.807) is 0 Å². The van der Waals surface area contributed by atoms with Crippen LogP contribution in [0, 0.1) is 6.92 Å². The van der Waals surface area contributed by atoms with Crippen molar-refractivity contribution >= 4 is 17.5 Å². The monoisotopic (exact) mass is 270 g/mol. The molecule has 1 heterocycles. The van der Waals surface area contributed by atoms with Crippen molar-refractivity contribution in [2.75, 3.05) is 17.7 Å². The summed E-state index contributed by atoms with van der Waals surface area (Å²) in [5.41, 5.74) is 3.44. The highest BCUT2D eigenvalue weighted by Gasteiger charge is 2.12. The van der Waals surface area contributed by atoms with Gasteiger partial charge in [-0.15, -0.1) is 0 Å². The lowest BCUT2D eigenvalue weighted by atomic mass is 9.87. The second kappa shape index (κ2) is 5.49. The molecule has 0 saturated heterocycles. The standard InChI is InChI=1S/C16H22N4/c1-11-10-14(20-15(17-5)18-11)19-13-8-6-12(7-9-13)16(2,3)4/h6-10H,1-5H3,(H2,17,18,19,20). The van der Waals surface area contributed by atoms with E-state index in [1.807, 2.05) is 20.0 Å². The average Bonchev–Trinajstić information content (AvgIpc) is 2.37. The maximum Gasteiger partial charge on any atom is 0.224 e. The van der Waals surface area contributed by atoms with E-state index in [0.29, 0.717) is 5.95 Å². The Kier molecular flexibility index (Phi) is 3.93. The average molecular weight is 270 g/mol. The molecule has 1 aromatic carbocycles. The van der Waals surface area contributed by atoms with E-state index in [4.69, 9.17) is 0 Å². The largest absolute Gasteiger partial charge is 0.357 e. The van der Waals surface area contributed by atoms with Crippen LogP contribution in [0.5, 0.6) is 0 Å².